The Hall–Kier alpha value is -2.13. The van der Waals surface area contributed by atoms with Gasteiger partial charge in [-0.15, -0.1) is 0 Å². The Morgan fingerprint density at radius 2 is 1.81 bits per heavy atom. The average Bonchev–Trinajstić information content (AvgIpc) is 2.78. The van der Waals surface area contributed by atoms with Gasteiger partial charge in [0.05, 0.1) is 9.92 Å². The summed E-state index contributed by atoms with van der Waals surface area (Å²) in [6, 6.07) is 13.1. The molecule has 1 atom stereocenters. The number of nitrogens with one attached hydrogen (secondary N) is 1. The lowest BCUT2D eigenvalue weighted by molar-refractivity contribution is -0.135. The number of rotatable bonds is 8. The number of piperazine rings is 1. The van der Waals surface area contributed by atoms with Gasteiger partial charge in [0, 0.05) is 32.2 Å². The molecule has 9 heteroatoms. The highest BCUT2D eigenvalue weighted by atomic mass is 35.5. The average molecular weight is 466 g/mol. The van der Waals surface area contributed by atoms with E-state index in [9.17, 15) is 13.2 Å². The van der Waals surface area contributed by atoms with E-state index >= 15 is 0 Å². The number of nitrogens with zero attached hydrogens (tertiary/aromatic N) is 2. The molecule has 1 fully saturated rings. The number of amides is 1. The zero-order valence-electron chi connectivity index (χ0n) is 17.8. The van der Waals surface area contributed by atoms with Gasteiger partial charge in [0.25, 0.3) is 5.91 Å². The molecular formula is C22H28ClN3O4S. The molecule has 1 heterocycles. The van der Waals surface area contributed by atoms with Gasteiger partial charge in [0.15, 0.2) is 6.61 Å². The second-order valence-electron chi connectivity index (χ2n) is 7.45. The van der Waals surface area contributed by atoms with E-state index in [2.05, 4.69) is 16.5 Å². The number of halogens is 1. The summed E-state index contributed by atoms with van der Waals surface area (Å²) in [5.41, 5.74) is 0.857. The molecule has 7 nitrogen and oxygen atoms in total. The van der Waals surface area contributed by atoms with Gasteiger partial charge >= 0.3 is 0 Å². The van der Waals surface area contributed by atoms with Gasteiger partial charge in [0.1, 0.15) is 5.75 Å². The lowest BCUT2D eigenvalue weighted by Gasteiger charge is -2.33. The fraction of sp³-hybridized carbons (Fsp3) is 0.409. The Morgan fingerprint density at radius 3 is 2.42 bits per heavy atom. The maximum absolute atomic E-state index is 12.7. The van der Waals surface area contributed by atoms with Gasteiger partial charge in [-0.05, 0) is 37.2 Å². The SMILES string of the molecule is CCN1CCN(C(=O)COc2ccc(S(=O)(=O)N[C@H](C)c3ccccc3)cc2Cl)CC1. The lowest BCUT2D eigenvalue weighted by Crippen LogP contribution is -2.49. The Labute approximate surface area is 189 Å². The topological polar surface area (TPSA) is 79.0 Å². The Morgan fingerprint density at radius 1 is 1.13 bits per heavy atom. The van der Waals surface area contributed by atoms with Crippen LogP contribution in [0.25, 0.3) is 0 Å². The molecule has 0 aromatic heterocycles. The number of hydrogen-bond acceptors (Lipinski definition) is 5. The van der Waals surface area contributed by atoms with Crippen molar-refractivity contribution in [1.29, 1.82) is 0 Å². The quantitative estimate of drug-likeness (QED) is 0.648. The summed E-state index contributed by atoms with van der Waals surface area (Å²) in [5.74, 6) is 0.166. The van der Waals surface area contributed by atoms with Crippen molar-refractivity contribution in [2.24, 2.45) is 0 Å². The van der Waals surface area contributed by atoms with Gasteiger partial charge in [-0.2, -0.15) is 0 Å². The molecule has 0 unspecified atom stereocenters. The van der Waals surface area contributed by atoms with Crippen molar-refractivity contribution < 1.29 is 17.9 Å². The summed E-state index contributed by atoms with van der Waals surface area (Å²) in [6.07, 6.45) is 0. The van der Waals surface area contributed by atoms with Crippen LogP contribution in [0.5, 0.6) is 5.75 Å². The molecule has 1 aliphatic rings. The number of hydrogen-bond donors (Lipinski definition) is 1. The normalized spacial score (nSPS) is 16.2. The van der Waals surface area contributed by atoms with Crippen molar-refractivity contribution in [2.75, 3.05) is 39.3 Å². The Bertz CT molecular complexity index is 993. The zero-order chi connectivity index (χ0) is 22.4. The second-order valence-corrected chi connectivity index (χ2v) is 9.57. The van der Waals surface area contributed by atoms with Gasteiger partial charge in [-0.25, -0.2) is 13.1 Å². The van der Waals surface area contributed by atoms with E-state index in [1.54, 1.807) is 11.8 Å². The molecular weight excluding hydrogens is 438 g/mol. The first-order chi connectivity index (χ1) is 14.8. The van der Waals surface area contributed by atoms with Crippen molar-refractivity contribution in [3.05, 3.63) is 59.1 Å². The highest BCUT2D eigenvalue weighted by molar-refractivity contribution is 7.89. The molecule has 1 N–H and O–H groups in total. The van der Waals surface area contributed by atoms with Crippen LogP contribution in [0, 0.1) is 0 Å². The van der Waals surface area contributed by atoms with E-state index in [0.717, 1.165) is 25.2 Å². The monoisotopic (exact) mass is 465 g/mol. The number of sulfonamides is 1. The van der Waals surface area contributed by atoms with E-state index in [-0.39, 0.29) is 28.2 Å². The van der Waals surface area contributed by atoms with Crippen LogP contribution in [0.3, 0.4) is 0 Å². The molecule has 1 saturated heterocycles. The Kier molecular flexibility index (Phi) is 7.94. The Balaban J connectivity index is 1.59. The molecule has 1 aliphatic heterocycles. The smallest absolute Gasteiger partial charge is 0.260 e. The maximum Gasteiger partial charge on any atom is 0.260 e. The summed E-state index contributed by atoms with van der Waals surface area (Å²) in [4.78, 5) is 16.5. The first-order valence-electron chi connectivity index (χ1n) is 10.3. The van der Waals surface area contributed by atoms with E-state index in [1.165, 1.54) is 18.2 Å². The first kappa shape index (κ1) is 23.5. The van der Waals surface area contributed by atoms with Crippen LogP contribution in [0.15, 0.2) is 53.4 Å². The molecule has 0 radical (unpaired) electrons. The number of ether oxygens (including phenoxy) is 1. The third kappa shape index (κ3) is 6.20. The molecule has 2 aromatic rings. The number of benzene rings is 2. The van der Waals surface area contributed by atoms with Crippen LogP contribution in [-0.4, -0.2) is 63.5 Å². The summed E-state index contributed by atoms with van der Waals surface area (Å²) in [7, 11) is -3.77. The third-order valence-electron chi connectivity index (χ3n) is 5.37. The van der Waals surface area contributed by atoms with Crippen LogP contribution >= 0.6 is 11.6 Å². The summed E-state index contributed by atoms with van der Waals surface area (Å²) < 4.78 is 33.7. The van der Waals surface area contributed by atoms with Crippen LogP contribution in [0.4, 0.5) is 0 Å². The van der Waals surface area contributed by atoms with Gasteiger partial charge < -0.3 is 14.5 Å². The minimum absolute atomic E-state index is 0.0367. The molecule has 0 spiro atoms. The second kappa shape index (κ2) is 10.5. The van der Waals surface area contributed by atoms with Crippen molar-refractivity contribution >= 4 is 27.5 Å². The maximum atomic E-state index is 12.7. The van der Waals surface area contributed by atoms with Crippen LogP contribution in [0.1, 0.15) is 25.5 Å². The highest BCUT2D eigenvalue weighted by Gasteiger charge is 2.22. The number of carbonyl (C=O) groups excluding carboxylic acids is 1. The molecule has 2 aromatic carbocycles. The summed E-state index contributed by atoms with van der Waals surface area (Å²) in [5, 5.41) is 0.138. The van der Waals surface area contributed by atoms with Crippen molar-refractivity contribution in [1.82, 2.24) is 14.5 Å². The van der Waals surface area contributed by atoms with Crippen molar-refractivity contribution in [3.8, 4) is 5.75 Å². The summed E-state index contributed by atoms with van der Waals surface area (Å²) >= 11 is 6.25. The van der Waals surface area contributed by atoms with Crippen molar-refractivity contribution in [3.63, 3.8) is 0 Å². The van der Waals surface area contributed by atoms with Crippen LogP contribution < -0.4 is 9.46 Å². The standard InChI is InChI=1S/C22H28ClN3O4S/c1-3-25-11-13-26(14-12-25)22(27)16-30-21-10-9-19(15-20(21)23)31(28,29)24-17(2)18-7-5-4-6-8-18/h4-10,15,17,24H,3,11-14,16H2,1-2H3/t17-/m1/s1. The molecule has 0 saturated carbocycles. The number of likely N-dealkylation sites (N-methyl/N-ethyl adjacent to an activating group) is 1. The molecule has 3 rings (SSSR count). The molecule has 1 amide bonds. The van der Waals surface area contributed by atoms with Gasteiger partial charge in [-0.3, -0.25) is 4.79 Å². The molecule has 0 aliphatic carbocycles. The van der Waals surface area contributed by atoms with Crippen molar-refractivity contribution in [2.45, 2.75) is 24.8 Å². The van der Waals surface area contributed by atoms with E-state index < -0.39 is 16.1 Å². The minimum atomic E-state index is -3.77. The fourth-order valence-electron chi connectivity index (χ4n) is 3.42. The van der Waals surface area contributed by atoms with Gasteiger partial charge in [0.2, 0.25) is 10.0 Å². The fourth-order valence-corrected chi connectivity index (χ4v) is 4.98. The highest BCUT2D eigenvalue weighted by Crippen LogP contribution is 2.28. The zero-order valence-corrected chi connectivity index (χ0v) is 19.3. The van der Waals surface area contributed by atoms with E-state index in [4.69, 9.17) is 16.3 Å². The van der Waals surface area contributed by atoms with E-state index in [0.29, 0.717) is 13.1 Å². The molecule has 0 bridgehead atoms. The largest absolute Gasteiger partial charge is 0.482 e. The summed E-state index contributed by atoms with van der Waals surface area (Å²) in [6.45, 7) is 7.76. The third-order valence-corrected chi connectivity index (χ3v) is 7.20. The molecule has 31 heavy (non-hydrogen) atoms. The predicted molar refractivity (Wildman–Crippen MR) is 121 cm³/mol. The van der Waals surface area contributed by atoms with Crippen LogP contribution in [-0.2, 0) is 14.8 Å². The number of carbonyl (C=O) groups is 1. The predicted octanol–water partition coefficient (Wildman–Crippen LogP) is 2.92. The molecule has 168 valence electrons. The van der Waals surface area contributed by atoms with E-state index in [1.807, 2.05) is 30.3 Å². The first-order valence-corrected chi connectivity index (χ1v) is 12.2. The van der Waals surface area contributed by atoms with Crippen LogP contribution in [0.2, 0.25) is 5.02 Å². The van der Waals surface area contributed by atoms with Gasteiger partial charge in [-0.1, -0.05) is 48.9 Å². The minimum Gasteiger partial charge on any atom is -0.482 e. The lowest BCUT2D eigenvalue weighted by atomic mass is 10.1.